The Hall–Kier alpha value is -1.23. The third-order valence-electron chi connectivity index (χ3n) is 2.52. The maximum atomic E-state index is 12.1. The molecular formula is C11H13N3O2S2. The van der Waals surface area contributed by atoms with E-state index in [9.17, 15) is 8.42 Å². The molecule has 0 spiro atoms. The molecule has 5 nitrogen and oxygen atoms in total. The van der Waals surface area contributed by atoms with Crippen LogP contribution in [-0.2, 0) is 10.0 Å². The zero-order valence-electron chi connectivity index (χ0n) is 9.79. The Bertz CT molecular complexity index is 581. The molecule has 1 aliphatic heterocycles. The summed E-state index contributed by atoms with van der Waals surface area (Å²) in [6.07, 6.45) is 1.33. The molecule has 0 aromatic carbocycles. The second-order valence-corrected chi connectivity index (χ2v) is 6.52. The van der Waals surface area contributed by atoms with Crippen LogP contribution in [0.1, 0.15) is 6.92 Å². The van der Waals surface area contributed by atoms with Crippen LogP contribution < -0.4 is 5.32 Å². The molecule has 18 heavy (non-hydrogen) atoms. The number of anilines is 1. The molecule has 0 unspecified atom stereocenters. The number of hydrogen-bond donors (Lipinski definition) is 2. The van der Waals surface area contributed by atoms with E-state index >= 15 is 0 Å². The summed E-state index contributed by atoms with van der Waals surface area (Å²) in [5.41, 5.74) is 0. The third kappa shape index (κ3) is 2.61. The number of pyridine rings is 1. The molecule has 96 valence electrons. The van der Waals surface area contributed by atoms with Gasteiger partial charge in [0.2, 0.25) is 10.0 Å². The SMILES string of the molecule is CC#CNc1ccc(S(=O)(=O)N2CC(S)C2)cn1. The zero-order chi connectivity index (χ0) is 13.2. The molecule has 0 atom stereocenters. The Kier molecular flexibility index (Phi) is 3.80. The third-order valence-corrected chi connectivity index (χ3v) is 4.66. The van der Waals surface area contributed by atoms with Gasteiger partial charge < -0.3 is 0 Å². The van der Waals surface area contributed by atoms with Crippen molar-refractivity contribution < 1.29 is 8.42 Å². The van der Waals surface area contributed by atoms with E-state index in [4.69, 9.17) is 0 Å². The topological polar surface area (TPSA) is 62.3 Å². The first-order valence-corrected chi connectivity index (χ1v) is 7.31. The van der Waals surface area contributed by atoms with E-state index in [1.54, 1.807) is 13.0 Å². The first kappa shape index (κ1) is 13.2. The van der Waals surface area contributed by atoms with Crippen LogP contribution in [0, 0.1) is 12.0 Å². The number of nitrogens with zero attached hydrogens (tertiary/aromatic N) is 2. The fourth-order valence-corrected chi connectivity index (χ4v) is 3.59. The summed E-state index contributed by atoms with van der Waals surface area (Å²) in [4.78, 5) is 4.20. The monoisotopic (exact) mass is 283 g/mol. The maximum Gasteiger partial charge on any atom is 0.244 e. The van der Waals surface area contributed by atoms with Crippen LogP contribution in [0.4, 0.5) is 5.82 Å². The Morgan fingerprint density at radius 2 is 2.22 bits per heavy atom. The summed E-state index contributed by atoms with van der Waals surface area (Å²) in [5, 5.41) is 2.88. The van der Waals surface area contributed by atoms with Crippen molar-refractivity contribution in [3.8, 4) is 12.0 Å². The average molecular weight is 283 g/mol. The van der Waals surface area contributed by atoms with Crippen LogP contribution >= 0.6 is 12.6 Å². The van der Waals surface area contributed by atoms with Gasteiger partial charge in [0.1, 0.15) is 10.7 Å². The molecule has 1 aromatic heterocycles. The minimum absolute atomic E-state index is 0.133. The number of rotatable bonds is 3. The molecule has 1 fully saturated rings. The predicted molar refractivity (Wildman–Crippen MR) is 72.8 cm³/mol. The number of aromatic nitrogens is 1. The second kappa shape index (κ2) is 5.18. The summed E-state index contributed by atoms with van der Waals surface area (Å²) >= 11 is 4.20. The van der Waals surface area contributed by atoms with Gasteiger partial charge in [0.05, 0.1) is 0 Å². The molecule has 2 rings (SSSR count). The Balaban J connectivity index is 2.15. The highest BCUT2D eigenvalue weighted by Crippen LogP contribution is 2.23. The predicted octanol–water partition coefficient (Wildman–Crippen LogP) is 0.777. The lowest BCUT2D eigenvalue weighted by molar-refractivity contribution is 0.321. The largest absolute Gasteiger partial charge is 0.299 e. The van der Waals surface area contributed by atoms with Gasteiger partial charge in [-0.3, -0.25) is 5.32 Å². The number of sulfonamides is 1. The van der Waals surface area contributed by atoms with Crippen molar-refractivity contribution in [1.29, 1.82) is 0 Å². The van der Waals surface area contributed by atoms with Crippen LogP contribution in [0.3, 0.4) is 0 Å². The van der Waals surface area contributed by atoms with Crippen LogP contribution in [0.5, 0.6) is 0 Å². The fourth-order valence-electron chi connectivity index (χ4n) is 1.50. The van der Waals surface area contributed by atoms with Gasteiger partial charge in [0.15, 0.2) is 0 Å². The lowest BCUT2D eigenvalue weighted by Crippen LogP contribution is -2.50. The van der Waals surface area contributed by atoms with Crippen LogP contribution in [0.2, 0.25) is 0 Å². The van der Waals surface area contributed by atoms with E-state index in [1.165, 1.54) is 16.6 Å². The highest BCUT2D eigenvalue weighted by atomic mass is 32.2. The highest BCUT2D eigenvalue weighted by molar-refractivity contribution is 7.89. The van der Waals surface area contributed by atoms with Gasteiger partial charge in [-0.1, -0.05) is 5.92 Å². The molecular weight excluding hydrogens is 270 g/mol. The van der Waals surface area contributed by atoms with Crippen molar-refractivity contribution in [3.05, 3.63) is 18.3 Å². The minimum atomic E-state index is -3.41. The molecule has 0 radical (unpaired) electrons. The molecule has 1 aromatic rings. The summed E-state index contributed by atoms with van der Waals surface area (Å²) in [7, 11) is -3.41. The molecule has 2 heterocycles. The average Bonchev–Trinajstić information content (AvgIpc) is 2.33. The Morgan fingerprint density at radius 3 is 2.72 bits per heavy atom. The zero-order valence-corrected chi connectivity index (χ0v) is 11.5. The lowest BCUT2D eigenvalue weighted by atomic mass is 10.3. The van der Waals surface area contributed by atoms with Crippen LogP contribution in [-0.4, -0.2) is 36.0 Å². The molecule has 1 N–H and O–H groups in total. The fraction of sp³-hybridized carbons (Fsp3) is 0.364. The smallest absolute Gasteiger partial charge is 0.244 e. The molecule has 0 amide bonds. The molecule has 7 heteroatoms. The Morgan fingerprint density at radius 1 is 1.50 bits per heavy atom. The highest BCUT2D eigenvalue weighted by Gasteiger charge is 2.34. The molecule has 0 aliphatic carbocycles. The van der Waals surface area contributed by atoms with Crippen molar-refractivity contribution in [2.45, 2.75) is 17.1 Å². The summed E-state index contributed by atoms with van der Waals surface area (Å²) in [6, 6.07) is 5.76. The van der Waals surface area contributed by atoms with E-state index in [2.05, 4.69) is 34.9 Å². The summed E-state index contributed by atoms with van der Waals surface area (Å²) < 4.78 is 25.6. The lowest BCUT2D eigenvalue weighted by Gasteiger charge is -2.34. The minimum Gasteiger partial charge on any atom is -0.299 e. The van der Waals surface area contributed by atoms with Gasteiger partial charge in [0.25, 0.3) is 0 Å². The van der Waals surface area contributed by atoms with Gasteiger partial charge in [-0.15, -0.1) is 0 Å². The first-order valence-electron chi connectivity index (χ1n) is 5.36. The molecule has 0 bridgehead atoms. The number of thiol groups is 1. The quantitative estimate of drug-likeness (QED) is 0.489. The van der Waals surface area contributed by atoms with Gasteiger partial charge >= 0.3 is 0 Å². The van der Waals surface area contributed by atoms with E-state index in [1.807, 2.05) is 0 Å². The van der Waals surface area contributed by atoms with Crippen molar-refractivity contribution in [3.63, 3.8) is 0 Å². The van der Waals surface area contributed by atoms with Crippen LogP contribution in [0.15, 0.2) is 23.2 Å². The van der Waals surface area contributed by atoms with E-state index in [0.717, 1.165) is 0 Å². The van der Waals surface area contributed by atoms with Crippen molar-refractivity contribution in [2.24, 2.45) is 0 Å². The van der Waals surface area contributed by atoms with E-state index in [-0.39, 0.29) is 10.1 Å². The van der Waals surface area contributed by atoms with Crippen molar-refractivity contribution in [1.82, 2.24) is 9.29 Å². The van der Waals surface area contributed by atoms with Gasteiger partial charge in [-0.05, 0) is 19.1 Å². The van der Waals surface area contributed by atoms with E-state index in [0.29, 0.717) is 18.9 Å². The van der Waals surface area contributed by atoms with Gasteiger partial charge in [-0.25, -0.2) is 13.4 Å². The maximum absolute atomic E-state index is 12.1. The van der Waals surface area contributed by atoms with Gasteiger partial charge in [0, 0.05) is 30.6 Å². The van der Waals surface area contributed by atoms with Gasteiger partial charge in [-0.2, -0.15) is 16.9 Å². The summed E-state index contributed by atoms with van der Waals surface area (Å²) in [6.45, 7) is 2.60. The molecule has 0 saturated carbocycles. The standard InChI is InChI=1S/C11H13N3O2S2/c1-2-5-12-11-4-3-10(6-13-11)18(15,16)14-7-9(17)8-14/h3-4,6,9,17H,7-8H2,1H3,(H,12,13). The van der Waals surface area contributed by atoms with Crippen molar-refractivity contribution >= 4 is 28.5 Å². The Labute approximate surface area is 112 Å². The van der Waals surface area contributed by atoms with E-state index < -0.39 is 10.0 Å². The molecule has 1 saturated heterocycles. The second-order valence-electron chi connectivity index (χ2n) is 3.85. The normalized spacial score (nSPS) is 16.6. The number of nitrogens with one attached hydrogen (secondary N) is 1. The number of hydrogen-bond acceptors (Lipinski definition) is 5. The van der Waals surface area contributed by atoms with Crippen LogP contribution in [0.25, 0.3) is 0 Å². The summed E-state index contributed by atoms with van der Waals surface area (Å²) in [5.74, 6) is 3.19. The first-order chi connectivity index (χ1) is 8.54. The molecule has 1 aliphatic rings. The van der Waals surface area contributed by atoms with Crippen molar-refractivity contribution in [2.75, 3.05) is 18.4 Å².